The van der Waals surface area contributed by atoms with Crippen molar-refractivity contribution in [2.75, 3.05) is 13.7 Å². The molecule has 0 saturated carbocycles. The number of ether oxygens (including phenoxy) is 3. The molecule has 0 aliphatic heterocycles. The summed E-state index contributed by atoms with van der Waals surface area (Å²) in [5, 5.41) is 2.63. The number of benzene rings is 1. The van der Waals surface area contributed by atoms with Gasteiger partial charge >= 0.3 is 11.9 Å². The van der Waals surface area contributed by atoms with Crippen molar-refractivity contribution in [1.82, 2.24) is 9.97 Å². The van der Waals surface area contributed by atoms with Crippen LogP contribution in [0.4, 0.5) is 0 Å². The highest BCUT2D eigenvalue weighted by Gasteiger charge is 2.24. The van der Waals surface area contributed by atoms with E-state index in [-0.39, 0.29) is 18.9 Å². The highest BCUT2D eigenvalue weighted by molar-refractivity contribution is 7.13. The second-order valence-corrected chi connectivity index (χ2v) is 7.12. The van der Waals surface area contributed by atoms with Gasteiger partial charge < -0.3 is 19.2 Å². The zero-order chi connectivity index (χ0) is 21.0. The van der Waals surface area contributed by atoms with Crippen molar-refractivity contribution in [3.63, 3.8) is 0 Å². The molecule has 152 valence electrons. The van der Waals surface area contributed by atoms with Crippen molar-refractivity contribution in [1.29, 1.82) is 0 Å². The summed E-state index contributed by atoms with van der Waals surface area (Å²) in [6, 6.07) is 7.61. The molecule has 3 rings (SSSR count). The molecule has 0 radical (unpaired) electrons. The third kappa shape index (κ3) is 4.32. The Morgan fingerprint density at radius 2 is 1.90 bits per heavy atom. The molecule has 0 saturated heterocycles. The third-order valence-electron chi connectivity index (χ3n) is 4.36. The average molecular weight is 414 g/mol. The van der Waals surface area contributed by atoms with Crippen LogP contribution in [-0.4, -0.2) is 35.6 Å². The number of H-pyrrole nitrogens is 1. The number of aromatic amines is 1. The lowest BCUT2D eigenvalue weighted by Crippen LogP contribution is -2.09. The quantitative estimate of drug-likeness (QED) is 0.580. The van der Waals surface area contributed by atoms with Gasteiger partial charge in [-0.2, -0.15) is 0 Å². The topological polar surface area (TPSA) is 90.5 Å². The van der Waals surface area contributed by atoms with E-state index >= 15 is 0 Å². The van der Waals surface area contributed by atoms with E-state index in [0.717, 1.165) is 16.3 Å². The lowest BCUT2D eigenvalue weighted by molar-refractivity contribution is 0.0467. The molecule has 7 nitrogen and oxygen atoms in total. The Labute approximate surface area is 172 Å². The molecule has 0 fully saturated rings. The molecule has 1 N–H and O–H groups in total. The number of esters is 2. The van der Waals surface area contributed by atoms with Crippen molar-refractivity contribution in [2.24, 2.45) is 0 Å². The van der Waals surface area contributed by atoms with Gasteiger partial charge in [-0.3, -0.25) is 0 Å². The summed E-state index contributed by atoms with van der Waals surface area (Å²) < 4.78 is 15.8. The second-order valence-electron chi connectivity index (χ2n) is 6.27. The molecule has 2 heterocycles. The fourth-order valence-electron chi connectivity index (χ4n) is 2.99. The van der Waals surface area contributed by atoms with Crippen LogP contribution in [0.2, 0.25) is 0 Å². The summed E-state index contributed by atoms with van der Waals surface area (Å²) in [6.45, 7) is 5.42. The Kier molecular flexibility index (Phi) is 6.33. The molecule has 0 unspecified atom stereocenters. The van der Waals surface area contributed by atoms with Crippen LogP contribution in [-0.2, 0) is 16.1 Å². The molecule has 0 spiro atoms. The molecular formula is C21H22N2O5S. The smallest absolute Gasteiger partial charge is 0.355 e. The molecule has 0 atom stereocenters. The summed E-state index contributed by atoms with van der Waals surface area (Å²) in [6.07, 6.45) is 0. The van der Waals surface area contributed by atoms with E-state index < -0.39 is 11.9 Å². The first-order valence-electron chi connectivity index (χ1n) is 9.07. The monoisotopic (exact) mass is 414 g/mol. The number of hydrogen-bond acceptors (Lipinski definition) is 7. The summed E-state index contributed by atoms with van der Waals surface area (Å²) in [5.74, 6) is -0.276. The van der Waals surface area contributed by atoms with Crippen LogP contribution in [0, 0.1) is 13.8 Å². The Morgan fingerprint density at radius 1 is 1.14 bits per heavy atom. The molecule has 0 amide bonds. The van der Waals surface area contributed by atoms with Gasteiger partial charge in [0.15, 0.2) is 0 Å². The lowest BCUT2D eigenvalue weighted by Gasteiger charge is -2.05. The standard InChI is InChI=1S/C21H22N2O5S/c1-5-27-21(25)18-12(2)17(13(3)22-18)20(24)28-10-14-11-29-19(23-14)15-8-6-7-9-16(15)26-4/h6-9,11,22H,5,10H2,1-4H3. The summed E-state index contributed by atoms with van der Waals surface area (Å²) in [4.78, 5) is 32.0. The number of para-hydroxylation sites is 1. The molecular weight excluding hydrogens is 392 g/mol. The minimum atomic E-state index is -0.515. The van der Waals surface area contributed by atoms with Crippen molar-refractivity contribution in [3.05, 3.63) is 57.9 Å². The fraction of sp³-hybridized carbons (Fsp3) is 0.286. The maximum absolute atomic E-state index is 12.6. The molecule has 0 aliphatic rings. The van der Waals surface area contributed by atoms with Gasteiger partial charge in [0, 0.05) is 11.1 Å². The maximum Gasteiger partial charge on any atom is 0.355 e. The number of nitrogens with zero attached hydrogens (tertiary/aromatic N) is 1. The Morgan fingerprint density at radius 3 is 2.62 bits per heavy atom. The van der Waals surface area contributed by atoms with Crippen molar-refractivity contribution in [2.45, 2.75) is 27.4 Å². The van der Waals surface area contributed by atoms with Gasteiger partial charge in [-0.15, -0.1) is 11.3 Å². The van der Waals surface area contributed by atoms with Crippen LogP contribution in [0.5, 0.6) is 5.75 Å². The van der Waals surface area contributed by atoms with Gasteiger partial charge in [-0.1, -0.05) is 12.1 Å². The zero-order valence-electron chi connectivity index (χ0n) is 16.7. The minimum absolute atomic E-state index is 0.0310. The summed E-state index contributed by atoms with van der Waals surface area (Å²) >= 11 is 1.45. The van der Waals surface area contributed by atoms with E-state index in [1.54, 1.807) is 27.9 Å². The van der Waals surface area contributed by atoms with Gasteiger partial charge in [-0.05, 0) is 38.5 Å². The highest BCUT2D eigenvalue weighted by atomic mass is 32.1. The normalized spacial score (nSPS) is 10.6. The first-order chi connectivity index (χ1) is 14.0. The summed E-state index contributed by atoms with van der Waals surface area (Å²) in [7, 11) is 1.61. The number of carbonyl (C=O) groups is 2. The van der Waals surface area contributed by atoms with Crippen molar-refractivity contribution in [3.8, 4) is 16.3 Å². The molecule has 0 bridgehead atoms. The van der Waals surface area contributed by atoms with Gasteiger partial charge in [0.1, 0.15) is 23.1 Å². The number of aryl methyl sites for hydroxylation is 1. The van der Waals surface area contributed by atoms with Crippen LogP contribution < -0.4 is 4.74 Å². The zero-order valence-corrected chi connectivity index (χ0v) is 17.5. The summed E-state index contributed by atoms with van der Waals surface area (Å²) in [5.41, 5.74) is 3.20. The van der Waals surface area contributed by atoms with Crippen molar-refractivity contribution >= 4 is 23.3 Å². The van der Waals surface area contributed by atoms with E-state index in [9.17, 15) is 9.59 Å². The van der Waals surface area contributed by atoms with E-state index in [4.69, 9.17) is 14.2 Å². The Bertz CT molecular complexity index is 1040. The third-order valence-corrected chi connectivity index (χ3v) is 5.29. The van der Waals surface area contributed by atoms with E-state index in [2.05, 4.69) is 9.97 Å². The van der Waals surface area contributed by atoms with Crippen LogP contribution in [0.15, 0.2) is 29.6 Å². The van der Waals surface area contributed by atoms with Crippen LogP contribution in [0.3, 0.4) is 0 Å². The number of carbonyl (C=O) groups excluding carboxylic acids is 2. The predicted molar refractivity (Wildman–Crippen MR) is 109 cm³/mol. The molecule has 2 aromatic heterocycles. The van der Waals surface area contributed by atoms with Gasteiger partial charge in [-0.25, -0.2) is 14.6 Å². The van der Waals surface area contributed by atoms with Crippen LogP contribution in [0.1, 0.15) is 44.7 Å². The highest BCUT2D eigenvalue weighted by Crippen LogP contribution is 2.32. The number of hydrogen-bond donors (Lipinski definition) is 1. The van der Waals surface area contributed by atoms with Crippen LogP contribution in [0.25, 0.3) is 10.6 Å². The van der Waals surface area contributed by atoms with Gasteiger partial charge in [0.2, 0.25) is 0 Å². The van der Waals surface area contributed by atoms with E-state index in [0.29, 0.717) is 22.5 Å². The number of aromatic nitrogens is 2. The molecule has 29 heavy (non-hydrogen) atoms. The number of methoxy groups -OCH3 is 1. The molecule has 3 aromatic rings. The Hall–Kier alpha value is -3.13. The molecule has 0 aliphatic carbocycles. The van der Waals surface area contributed by atoms with E-state index in [1.165, 1.54) is 11.3 Å². The maximum atomic E-state index is 12.6. The first-order valence-corrected chi connectivity index (χ1v) is 9.95. The SMILES string of the molecule is CCOC(=O)c1[nH]c(C)c(C(=O)OCc2csc(-c3ccccc3OC)n2)c1C. The number of rotatable bonds is 7. The second kappa shape index (κ2) is 8.91. The fourth-order valence-corrected chi connectivity index (χ4v) is 3.83. The van der Waals surface area contributed by atoms with Gasteiger partial charge in [0.05, 0.1) is 30.5 Å². The van der Waals surface area contributed by atoms with Gasteiger partial charge in [0.25, 0.3) is 0 Å². The van der Waals surface area contributed by atoms with Crippen molar-refractivity contribution < 1.29 is 23.8 Å². The minimum Gasteiger partial charge on any atom is -0.496 e. The predicted octanol–water partition coefficient (Wildman–Crippen LogP) is 4.30. The van der Waals surface area contributed by atoms with E-state index in [1.807, 2.05) is 29.6 Å². The Balaban J connectivity index is 1.72. The molecule has 1 aromatic carbocycles. The largest absolute Gasteiger partial charge is 0.496 e. The first kappa shape index (κ1) is 20.6. The number of thiazole rings is 1. The average Bonchev–Trinajstić information content (AvgIpc) is 3.30. The lowest BCUT2D eigenvalue weighted by atomic mass is 10.1. The molecule has 8 heteroatoms. The van der Waals surface area contributed by atoms with Crippen LogP contribution >= 0.6 is 11.3 Å². The number of nitrogens with one attached hydrogen (secondary N) is 1.